The van der Waals surface area contributed by atoms with E-state index in [1.54, 1.807) is 38.9 Å². The lowest BCUT2D eigenvalue weighted by Crippen LogP contribution is -2.44. The molecule has 0 spiro atoms. The van der Waals surface area contributed by atoms with E-state index in [4.69, 9.17) is 9.84 Å². The molecule has 2 atom stereocenters. The summed E-state index contributed by atoms with van der Waals surface area (Å²) in [6.07, 6.45) is 6.63. The van der Waals surface area contributed by atoms with Gasteiger partial charge in [0.2, 0.25) is 0 Å². The maximum Gasteiger partial charge on any atom is 0.269 e. The maximum absolute atomic E-state index is 14.1. The van der Waals surface area contributed by atoms with E-state index < -0.39 is 17.4 Å². The van der Waals surface area contributed by atoms with Crippen molar-refractivity contribution in [3.63, 3.8) is 0 Å². The number of hydrogen-bond acceptors (Lipinski definition) is 7. The van der Waals surface area contributed by atoms with Gasteiger partial charge in [-0.25, -0.2) is 0 Å². The molecule has 2 aliphatic rings. The maximum atomic E-state index is 14.1. The number of aryl methyl sites for hydroxylation is 1. The number of amides is 2. The number of aliphatic hydroxyl groups excluding tert-OH is 1. The van der Waals surface area contributed by atoms with Gasteiger partial charge in [-0.15, -0.1) is 5.10 Å². The summed E-state index contributed by atoms with van der Waals surface area (Å²) < 4.78 is 7.33. The number of carbonyl (C=O) groups is 2. The quantitative estimate of drug-likeness (QED) is 0.274. The van der Waals surface area contributed by atoms with E-state index in [0.717, 1.165) is 11.3 Å². The molecule has 3 aromatic carbocycles. The Balaban J connectivity index is 1.33. The molecule has 0 saturated heterocycles. The molecule has 2 aliphatic heterocycles. The molecule has 3 heterocycles. The van der Waals surface area contributed by atoms with Gasteiger partial charge >= 0.3 is 0 Å². The van der Waals surface area contributed by atoms with Gasteiger partial charge in [0.25, 0.3) is 11.8 Å². The monoisotopic (exact) mass is 579 g/mol. The van der Waals surface area contributed by atoms with Gasteiger partial charge in [-0.1, -0.05) is 66.8 Å². The molecule has 10 nitrogen and oxygen atoms in total. The summed E-state index contributed by atoms with van der Waals surface area (Å²) in [5.41, 5.74) is 2.01. The van der Waals surface area contributed by atoms with Crippen LogP contribution in [0.3, 0.4) is 0 Å². The number of aliphatic hydroxyl groups is 2. The normalized spacial score (nSPS) is 18.6. The van der Waals surface area contributed by atoms with Crippen molar-refractivity contribution in [1.82, 2.24) is 15.0 Å². The van der Waals surface area contributed by atoms with Crippen molar-refractivity contribution in [2.75, 3.05) is 23.0 Å². The SMILES string of the molecule is C[C@H](/C=C/CCn1cc(CCO)nn1)[C@@]1(O)C(=O)N(Cc2ccccc2)c2ccc(N3C(=O)COc4ccccc43)cc21. The number of benzene rings is 3. The second-order valence-corrected chi connectivity index (χ2v) is 10.8. The minimum Gasteiger partial charge on any atom is -0.482 e. The van der Waals surface area contributed by atoms with E-state index in [0.29, 0.717) is 54.3 Å². The van der Waals surface area contributed by atoms with Crippen LogP contribution >= 0.6 is 0 Å². The zero-order valence-corrected chi connectivity index (χ0v) is 23.8. The summed E-state index contributed by atoms with van der Waals surface area (Å²) in [4.78, 5) is 30.4. The first kappa shape index (κ1) is 28.3. The molecule has 0 unspecified atom stereocenters. The second kappa shape index (κ2) is 11.8. The molecule has 2 amide bonds. The van der Waals surface area contributed by atoms with E-state index in [-0.39, 0.29) is 19.1 Å². The average molecular weight is 580 g/mol. The number of rotatable bonds is 10. The molecule has 2 N–H and O–H groups in total. The van der Waals surface area contributed by atoms with Crippen molar-refractivity contribution in [1.29, 1.82) is 0 Å². The highest BCUT2D eigenvalue weighted by Gasteiger charge is 2.52. The van der Waals surface area contributed by atoms with Gasteiger partial charge in [0.1, 0.15) is 5.75 Å². The Labute approximate surface area is 249 Å². The molecule has 0 saturated carbocycles. The van der Waals surface area contributed by atoms with Gasteiger partial charge in [0.05, 0.1) is 23.6 Å². The molecular formula is C33H33N5O5. The van der Waals surface area contributed by atoms with Crippen LogP contribution in [0, 0.1) is 5.92 Å². The third-order valence-electron chi connectivity index (χ3n) is 7.96. The fourth-order valence-electron chi connectivity index (χ4n) is 5.71. The van der Waals surface area contributed by atoms with Gasteiger partial charge < -0.3 is 19.8 Å². The number of para-hydroxylation sites is 2. The topological polar surface area (TPSA) is 121 Å². The van der Waals surface area contributed by atoms with Crippen molar-refractivity contribution >= 4 is 28.9 Å². The Bertz CT molecular complexity index is 1670. The average Bonchev–Trinajstić information content (AvgIpc) is 3.56. The minimum absolute atomic E-state index is 0.0133. The van der Waals surface area contributed by atoms with Crippen LogP contribution in [0.2, 0.25) is 0 Å². The summed E-state index contributed by atoms with van der Waals surface area (Å²) in [6.45, 7) is 2.59. The van der Waals surface area contributed by atoms with E-state index in [1.807, 2.05) is 73.7 Å². The number of nitrogens with zero attached hydrogens (tertiary/aromatic N) is 5. The van der Waals surface area contributed by atoms with Gasteiger partial charge in [0.15, 0.2) is 12.2 Å². The third-order valence-corrected chi connectivity index (χ3v) is 7.96. The molecule has 0 aliphatic carbocycles. The number of allylic oxidation sites excluding steroid dienone is 1. The summed E-state index contributed by atoms with van der Waals surface area (Å²) in [6, 6.07) is 22.3. The first-order valence-electron chi connectivity index (χ1n) is 14.3. The number of hydrogen-bond donors (Lipinski definition) is 2. The van der Waals surface area contributed by atoms with Crippen molar-refractivity contribution in [3.05, 3.63) is 108 Å². The number of ether oxygens (including phenoxy) is 1. The van der Waals surface area contributed by atoms with Crippen LogP contribution < -0.4 is 14.5 Å². The minimum atomic E-state index is -1.85. The molecule has 10 heteroatoms. The van der Waals surface area contributed by atoms with Gasteiger partial charge in [-0.05, 0) is 42.3 Å². The molecule has 0 bridgehead atoms. The Kier molecular flexibility index (Phi) is 7.79. The molecule has 4 aromatic rings. The Morgan fingerprint density at radius 2 is 1.84 bits per heavy atom. The van der Waals surface area contributed by atoms with Crippen LogP contribution in [0.1, 0.15) is 30.2 Å². The number of aromatic nitrogens is 3. The number of anilines is 3. The first-order valence-corrected chi connectivity index (χ1v) is 14.3. The van der Waals surface area contributed by atoms with Crippen LogP contribution in [-0.4, -0.2) is 50.2 Å². The smallest absolute Gasteiger partial charge is 0.269 e. The fraction of sp³-hybridized carbons (Fsp3) is 0.273. The van der Waals surface area contributed by atoms with Gasteiger partial charge in [-0.3, -0.25) is 19.2 Å². The third kappa shape index (κ3) is 5.31. The molecular weight excluding hydrogens is 546 g/mol. The first-order chi connectivity index (χ1) is 20.9. The number of fused-ring (bicyclic) bond motifs is 2. The van der Waals surface area contributed by atoms with E-state index in [9.17, 15) is 14.7 Å². The lowest BCUT2D eigenvalue weighted by atomic mass is 9.82. The van der Waals surface area contributed by atoms with Crippen molar-refractivity contribution < 1.29 is 24.5 Å². The lowest BCUT2D eigenvalue weighted by molar-refractivity contribution is -0.139. The Hall–Kier alpha value is -4.80. The van der Waals surface area contributed by atoms with Crippen LogP contribution in [-0.2, 0) is 34.7 Å². The highest BCUT2D eigenvalue weighted by atomic mass is 16.5. The predicted molar refractivity (Wildman–Crippen MR) is 161 cm³/mol. The predicted octanol–water partition coefficient (Wildman–Crippen LogP) is 3.89. The van der Waals surface area contributed by atoms with Crippen LogP contribution in [0.15, 0.2) is 91.1 Å². The van der Waals surface area contributed by atoms with Crippen LogP contribution in [0.4, 0.5) is 17.1 Å². The van der Waals surface area contributed by atoms with Crippen LogP contribution in [0.5, 0.6) is 5.75 Å². The molecule has 0 fully saturated rings. The van der Waals surface area contributed by atoms with E-state index >= 15 is 0 Å². The second-order valence-electron chi connectivity index (χ2n) is 10.8. The zero-order valence-electron chi connectivity index (χ0n) is 23.8. The molecule has 0 radical (unpaired) electrons. The van der Waals surface area contributed by atoms with E-state index in [2.05, 4.69) is 10.3 Å². The van der Waals surface area contributed by atoms with E-state index in [1.165, 1.54) is 0 Å². The molecule has 220 valence electrons. The lowest BCUT2D eigenvalue weighted by Gasteiger charge is -2.31. The van der Waals surface area contributed by atoms with Crippen molar-refractivity contribution in [2.45, 2.75) is 38.5 Å². The summed E-state index contributed by atoms with van der Waals surface area (Å²) >= 11 is 0. The Morgan fingerprint density at radius 1 is 1.05 bits per heavy atom. The molecule has 1 aromatic heterocycles. The van der Waals surface area contributed by atoms with Crippen LogP contribution in [0.25, 0.3) is 0 Å². The Morgan fingerprint density at radius 3 is 2.65 bits per heavy atom. The summed E-state index contributed by atoms with van der Waals surface area (Å²) in [7, 11) is 0. The number of carbonyl (C=O) groups excluding carboxylic acids is 2. The highest BCUT2D eigenvalue weighted by Crippen LogP contribution is 2.48. The van der Waals surface area contributed by atoms with Crippen molar-refractivity contribution in [2.24, 2.45) is 5.92 Å². The standard InChI is InChI=1S/C33H33N5O5/c1-23(9-7-8-17-36-21-25(16-18-39)34-35-36)33(42)27-19-26(38-29-12-5-6-13-30(29)43-22-31(38)40)14-15-28(27)37(32(33)41)20-24-10-3-2-4-11-24/h2-7,9-15,19,21,23,39,42H,8,16-18,20,22H2,1H3/b9-7+/t23-,33+/m1/s1. The fourth-order valence-corrected chi connectivity index (χ4v) is 5.71. The molecule has 43 heavy (non-hydrogen) atoms. The zero-order chi connectivity index (χ0) is 30.0. The largest absolute Gasteiger partial charge is 0.482 e. The summed E-state index contributed by atoms with van der Waals surface area (Å²) in [5.74, 6) is -0.648. The van der Waals surface area contributed by atoms with Gasteiger partial charge in [-0.2, -0.15) is 0 Å². The summed E-state index contributed by atoms with van der Waals surface area (Å²) in [5, 5.41) is 29.5. The van der Waals surface area contributed by atoms with Crippen molar-refractivity contribution in [3.8, 4) is 5.75 Å². The molecule has 6 rings (SSSR count). The highest BCUT2D eigenvalue weighted by molar-refractivity contribution is 6.09. The van der Waals surface area contributed by atoms with Gasteiger partial charge in [0, 0.05) is 42.9 Å².